The Morgan fingerprint density at radius 1 is 0.627 bits per heavy atom. The van der Waals surface area contributed by atoms with Gasteiger partial charge in [0.15, 0.2) is 0 Å². The number of carbonyl (C=O) groups is 4. The maximum absolute atomic E-state index is 13.1. The summed E-state index contributed by atoms with van der Waals surface area (Å²) in [5.41, 5.74) is 5.56. The third kappa shape index (κ3) is 10.3. The SMILES string of the molecule is CNC(=O)CCC(=O)OC(CNC(=O)CCNC(=O)OCC1c2ccccc2-c2ccccc21)COC(c1ccccc1)(c1ccc(OC)cc1)c1ccc(OC)cc1. The Bertz CT molecular complexity index is 2100. The number of ether oxygens (including phenoxy) is 5. The number of fused-ring (bicyclic) bond motifs is 3. The highest BCUT2D eigenvalue weighted by molar-refractivity contribution is 5.81. The van der Waals surface area contributed by atoms with Crippen LogP contribution in [0.15, 0.2) is 127 Å². The Hall–Kier alpha value is -6.66. The van der Waals surface area contributed by atoms with Gasteiger partial charge in [-0.3, -0.25) is 14.4 Å². The number of benzene rings is 5. The first kappa shape index (κ1) is 42.0. The molecule has 1 aliphatic carbocycles. The minimum atomic E-state index is -1.22. The van der Waals surface area contributed by atoms with Crippen molar-refractivity contribution in [3.63, 3.8) is 0 Å². The van der Waals surface area contributed by atoms with Gasteiger partial charge >= 0.3 is 12.1 Å². The summed E-state index contributed by atoms with van der Waals surface area (Å²) < 4.78 is 29.3. The Balaban J connectivity index is 1.13. The number of methoxy groups -OCH3 is 2. The molecule has 59 heavy (non-hydrogen) atoms. The molecule has 5 aromatic rings. The van der Waals surface area contributed by atoms with Gasteiger partial charge in [0.2, 0.25) is 11.8 Å². The van der Waals surface area contributed by atoms with Gasteiger partial charge in [-0.2, -0.15) is 0 Å². The lowest BCUT2D eigenvalue weighted by atomic mass is 9.80. The molecule has 5 aromatic carbocycles. The molecule has 0 aliphatic heterocycles. The number of hydrogen-bond acceptors (Lipinski definition) is 9. The number of hydrogen-bond donors (Lipinski definition) is 3. The quantitative estimate of drug-likeness (QED) is 0.0629. The van der Waals surface area contributed by atoms with E-state index >= 15 is 0 Å². The second-order valence-electron chi connectivity index (χ2n) is 13.9. The van der Waals surface area contributed by atoms with Crippen LogP contribution in [-0.4, -0.2) is 77.6 Å². The second kappa shape index (κ2) is 20.2. The standard InChI is InChI=1S/C47H49N3O9/c1-48-43(51)25-26-45(53)59-37(29-50-44(52)27-28-49-46(54)57-31-42-40-15-9-7-13-38(40)39-14-8-10-16-41(39)42)30-58-47(32-11-5-4-6-12-32,33-17-21-35(55-2)22-18-33)34-19-23-36(56-3)24-20-34/h4-24,37,42H,25-31H2,1-3H3,(H,48,51)(H,49,54)(H,50,52). The summed E-state index contributed by atoms with van der Waals surface area (Å²) in [6, 6.07) is 40.8. The monoisotopic (exact) mass is 799 g/mol. The molecule has 0 aromatic heterocycles. The minimum Gasteiger partial charge on any atom is -0.497 e. The van der Waals surface area contributed by atoms with Gasteiger partial charge in [0, 0.05) is 32.4 Å². The molecule has 0 saturated heterocycles. The molecular weight excluding hydrogens is 751 g/mol. The smallest absolute Gasteiger partial charge is 0.407 e. The Morgan fingerprint density at radius 3 is 1.73 bits per heavy atom. The normalized spacial score (nSPS) is 12.3. The van der Waals surface area contributed by atoms with Crippen LogP contribution in [0, 0.1) is 0 Å². The van der Waals surface area contributed by atoms with Crippen LogP contribution >= 0.6 is 0 Å². The maximum atomic E-state index is 13.1. The van der Waals surface area contributed by atoms with Gasteiger partial charge in [0.05, 0.1) is 33.8 Å². The highest BCUT2D eigenvalue weighted by Gasteiger charge is 2.39. The van der Waals surface area contributed by atoms with Crippen LogP contribution in [0.2, 0.25) is 0 Å². The van der Waals surface area contributed by atoms with Crippen LogP contribution in [0.1, 0.15) is 53.0 Å². The largest absolute Gasteiger partial charge is 0.497 e. The zero-order valence-corrected chi connectivity index (χ0v) is 33.4. The molecule has 6 rings (SSSR count). The van der Waals surface area contributed by atoms with Crippen LogP contribution < -0.4 is 25.4 Å². The van der Waals surface area contributed by atoms with E-state index in [1.165, 1.54) is 7.05 Å². The summed E-state index contributed by atoms with van der Waals surface area (Å²) in [5, 5.41) is 7.99. The van der Waals surface area contributed by atoms with Crippen molar-refractivity contribution in [3.8, 4) is 22.6 Å². The van der Waals surface area contributed by atoms with Gasteiger partial charge in [0.25, 0.3) is 0 Å². The van der Waals surface area contributed by atoms with E-state index in [-0.39, 0.29) is 57.4 Å². The number of amides is 3. The third-order valence-electron chi connectivity index (χ3n) is 10.3. The molecule has 1 unspecified atom stereocenters. The Labute approximate surface area is 344 Å². The predicted octanol–water partition coefficient (Wildman–Crippen LogP) is 6.50. The molecule has 0 radical (unpaired) electrons. The van der Waals surface area contributed by atoms with E-state index in [1.54, 1.807) is 14.2 Å². The van der Waals surface area contributed by atoms with Gasteiger partial charge in [-0.15, -0.1) is 0 Å². The zero-order valence-electron chi connectivity index (χ0n) is 33.4. The summed E-state index contributed by atoms with van der Waals surface area (Å²) >= 11 is 0. The summed E-state index contributed by atoms with van der Waals surface area (Å²) in [6.45, 7) is -0.0965. The molecule has 12 nitrogen and oxygen atoms in total. The lowest BCUT2D eigenvalue weighted by Crippen LogP contribution is -2.42. The molecule has 306 valence electrons. The first-order chi connectivity index (χ1) is 28.7. The summed E-state index contributed by atoms with van der Waals surface area (Å²) in [7, 11) is 4.67. The average Bonchev–Trinajstić information content (AvgIpc) is 3.60. The van der Waals surface area contributed by atoms with Crippen molar-refractivity contribution in [2.24, 2.45) is 0 Å². The van der Waals surface area contributed by atoms with Gasteiger partial charge in [-0.05, 0) is 63.2 Å². The number of esters is 1. The molecule has 0 spiro atoms. The highest BCUT2D eigenvalue weighted by Crippen LogP contribution is 2.45. The van der Waals surface area contributed by atoms with Crippen molar-refractivity contribution >= 4 is 23.9 Å². The molecule has 1 atom stereocenters. The van der Waals surface area contributed by atoms with Crippen molar-refractivity contribution in [2.45, 2.75) is 36.9 Å². The molecule has 1 aliphatic rings. The van der Waals surface area contributed by atoms with Crippen molar-refractivity contribution in [3.05, 3.63) is 155 Å². The number of nitrogens with one attached hydrogen (secondary N) is 3. The zero-order chi connectivity index (χ0) is 41.6. The lowest BCUT2D eigenvalue weighted by Gasteiger charge is -2.37. The van der Waals surface area contributed by atoms with Crippen LogP contribution in [0.4, 0.5) is 4.79 Å². The van der Waals surface area contributed by atoms with E-state index in [1.807, 2.05) is 115 Å². The Morgan fingerprint density at radius 2 is 1.17 bits per heavy atom. The molecule has 0 saturated carbocycles. The van der Waals surface area contributed by atoms with Crippen molar-refractivity contribution in [1.29, 1.82) is 0 Å². The van der Waals surface area contributed by atoms with Crippen LogP contribution in [0.5, 0.6) is 11.5 Å². The molecule has 3 amide bonds. The van der Waals surface area contributed by atoms with E-state index in [0.29, 0.717) is 11.5 Å². The van der Waals surface area contributed by atoms with Crippen molar-refractivity contribution in [1.82, 2.24) is 16.0 Å². The van der Waals surface area contributed by atoms with Crippen molar-refractivity contribution in [2.75, 3.05) is 47.6 Å². The van der Waals surface area contributed by atoms with E-state index in [4.69, 9.17) is 23.7 Å². The fourth-order valence-corrected chi connectivity index (χ4v) is 7.26. The van der Waals surface area contributed by atoms with Gasteiger partial charge in [0.1, 0.15) is 29.8 Å². The topological polar surface area (TPSA) is 151 Å². The highest BCUT2D eigenvalue weighted by atomic mass is 16.6. The fourth-order valence-electron chi connectivity index (χ4n) is 7.26. The number of carbonyl (C=O) groups excluding carboxylic acids is 4. The molecule has 3 N–H and O–H groups in total. The van der Waals surface area contributed by atoms with Crippen LogP contribution in [0.3, 0.4) is 0 Å². The van der Waals surface area contributed by atoms with Gasteiger partial charge in [-0.25, -0.2) is 4.79 Å². The summed E-state index contributed by atoms with van der Waals surface area (Å²) in [5.74, 6) is -0.116. The van der Waals surface area contributed by atoms with E-state index < -0.39 is 29.7 Å². The van der Waals surface area contributed by atoms with E-state index in [0.717, 1.165) is 38.9 Å². The summed E-state index contributed by atoms with van der Waals surface area (Å²) in [4.78, 5) is 50.9. The number of rotatable bonds is 19. The summed E-state index contributed by atoms with van der Waals surface area (Å²) in [6.07, 6.45) is -1.90. The van der Waals surface area contributed by atoms with Gasteiger partial charge < -0.3 is 39.6 Å². The molecule has 12 heteroatoms. The second-order valence-corrected chi connectivity index (χ2v) is 13.9. The van der Waals surface area contributed by atoms with E-state index in [2.05, 4.69) is 28.1 Å². The Kier molecular flexibility index (Phi) is 14.3. The molecule has 0 fully saturated rings. The average molecular weight is 800 g/mol. The van der Waals surface area contributed by atoms with Crippen molar-refractivity contribution < 1.29 is 42.9 Å². The number of alkyl carbamates (subject to hydrolysis) is 1. The third-order valence-corrected chi connectivity index (χ3v) is 10.3. The van der Waals surface area contributed by atoms with Crippen LogP contribution in [-0.2, 0) is 34.2 Å². The van der Waals surface area contributed by atoms with E-state index in [9.17, 15) is 19.2 Å². The molecule has 0 heterocycles. The molecular formula is C47H49N3O9. The van der Waals surface area contributed by atoms with Gasteiger partial charge in [-0.1, -0.05) is 103 Å². The first-order valence-corrected chi connectivity index (χ1v) is 19.5. The predicted molar refractivity (Wildman–Crippen MR) is 222 cm³/mol. The maximum Gasteiger partial charge on any atom is 0.407 e. The fraction of sp³-hybridized carbons (Fsp3) is 0.277. The molecule has 0 bridgehead atoms. The van der Waals surface area contributed by atoms with Crippen LogP contribution in [0.25, 0.3) is 11.1 Å². The first-order valence-electron chi connectivity index (χ1n) is 19.5. The lowest BCUT2D eigenvalue weighted by molar-refractivity contribution is -0.155. The minimum absolute atomic E-state index is 0.0155.